The zero-order valence-corrected chi connectivity index (χ0v) is 12.5. The van der Waals surface area contributed by atoms with Gasteiger partial charge in [-0.15, -0.1) is 0 Å². The highest BCUT2D eigenvalue weighted by atomic mass is 16.5. The molecule has 1 aliphatic rings. The first-order valence-electron chi connectivity index (χ1n) is 7.08. The molecule has 5 nitrogen and oxygen atoms in total. The molecule has 20 heavy (non-hydrogen) atoms. The van der Waals surface area contributed by atoms with Crippen molar-refractivity contribution < 1.29 is 9.53 Å². The fraction of sp³-hybridized carbons (Fsp3) is 0.600. The van der Waals surface area contributed by atoms with E-state index in [0.29, 0.717) is 22.5 Å². The molecule has 0 radical (unpaired) electrons. The van der Waals surface area contributed by atoms with Gasteiger partial charge in [-0.25, -0.2) is 9.78 Å². The number of nitrogen functional groups attached to an aromatic ring is 1. The minimum atomic E-state index is -0.415. The number of carbonyl (C=O) groups excluding carboxylic acids is 1. The maximum atomic E-state index is 11.7. The molecule has 2 rings (SSSR count). The van der Waals surface area contributed by atoms with Crippen LogP contribution in [0.15, 0.2) is 12.3 Å². The van der Waals surface area contributed by atoms with Crippen LogP contribution in [0.25, 0.3) is 0 Å². The first kappa shape index (κ1) is 14.6. The summed E-state index contributed by atoms with van der Waals surface area (Å²) >= 11 is 0. The summed E-state index contributed by atoms with van der Waals surface area (Å²) in [6, 6.07) is 1.60. The smallest absolute Gasteiger partial charge is 0.340 e. The first-order valence-corrected chi connectivity index (χ1v) is 7.08. The van der Waals surface area contributed by atoms with Crippen LogP contribution in [0.1, 0.15) is 43.5 Å². The van der Waals surface area contributed by atoms with Gasteiger partial charge in [-0.1, -0.05) is 20.3 Å². The van der Waals surface area contributed by atoms with Crippen molar-refractivity contribution in [3.05, 3.63) is 17.8 Å². The summed E-state index contributed by atoms with van der Waals surface area (Å²) in [6.07, 6.45) is 5.04. The number of pyridine rings is 1. The molecular formula is C15H23N3O2. The largest absolute Gasteiger partial charge is 0.465 e. The molecule has 0 spiro atoms. The number of piperidine rings is 1. The number of hydrogen-bond acceptors (Lipinski definition) is 5. The van der Waals surface area contributed by atoms with Crippen molar-refractivity contribution in [2.45, 2.75) is 33.1 Å². The van der Waals surface area contributed by atoms with Crippen LogP contribution in [0.4, 0.5) is 11.5 Å². The second-order valence-electron chi connectivity index (χ2n) is 5.74. The number of hydrogen-bond donors (Lipinski definition) is 1. The topological polar surface area (TPSA) is 68.5 Å². The Morgan fingerprint density at radius 1 is 1.50 bits per heavy atom. The van der Waals surface area contributed by atoms with Gasteiger partial charge in [-0.05, 0) is 24.3 Å². The van der Waals surface area contributed by atoms with Crippen molar-refractivity contribution in [2.75, 3.05) is 30.8 Å². The average molecular weight is 277 g/mol. The molecule has 1 aromatic rings. The van der Waals surface area contributed by atoms with E-state index in [9.17, 15) is 4.79 Å². The van der Waals surface area contributed by atoms with E-state index in [-0.39, 0.29) is 0 Å². The molecule has 1 fully saturated rings. The maximum absolute atomic E-state index is 11.7. The predicted octanol–water partition coefficient (Wildman–Crippen LogP) is 2.47. The minimum absolute atomic E-state index is 0.390. The van der Waals surface area contributed by atoms with Gasteiger partial charge in [0.1, 0.15) is 0 Å². The number of ether oxygens (including phenoxy) is 1. The second-order valence-corrected chi connectivity index (χ2v) is 5.74. The molecule has 1 aliphatic heterocycles. The summed E-state index contributed by atoms with van der Waals surface area (Å²) in [6.45, 7) is 6.41. The molecule has 0 atom stereocenters. The van der Waals surface area contributed by atoms with Crippen molar-refractivity contribution in [1.29, 1.82) is 0 Å². The van der Waals surface area contributed by atoms with E-state index in [1.807, 2.05) is 0 Å². The van der Waals surface area contributed by atoms with Crippen LogP contribution in [0.3, 0.4) is 0 Å². The minimum Gasteiger partial charge on any atom is -0.465 e. The van der Waals surface area contributed by atoms with E-state index in [0.717, 1.165) is 25.9 Å². The third-order valence-electron chi connectivity index (χ3n) is 4.50. The van der Waals surface area contributed by atoms with E-state index in [4.69, 9.17) is 10.5 Å². The molecule has 0 unspecified atom stereocenters. The Hall–Kier alpha value is -1.78. The molecular weight excluding hydrogens is 254 g/mol. The number of esters is 1. The average Bonchev–Trinajstić information content (AvgIpc) is 2.48. The lowest BCUT2D eigenvalue weighted by molar-refractivity contribution is 0.0602. The van der Waals surface area contributed by atoms with Crippen LogP contribution >= 0.6 is 0 Å². The Labute approximate surface area is 120 Å². The molecule has 2 N–H and O–H groups in total. The summed E-state index contributed by atoms with van der Waals surface area (Å²) in [5, 5.41) is 0. The van der Waals surface area contributed by atoms with Gasteiger partial charge in [0.25, 0.3) is 0 Å². The zero-order valence-electron chi connectivity index (χ0n) is 12.5. The lowest BCUT2D eigenvalue weighted by atomic mass is 9.78. The van der Waals surface area contributed by atoms with E-state index >= 15 is 0 Å². The number of nitrogens with two attached hydrogens (primary N) is 1. The fourth-order valence-corrected chi connectivity index (χ4v) is 2.61. The van der Waals surface area contributed by atoms with Crippen LogP contribution in [0, 0.1) is 5.41 Å². The highest BCUT2D eigenvalue weighted by molar-refractivity contribution is 5.97. The summed E-state index contributed by atoms with van der Waals surface area (Å²) < 4.78 is 4.74. The number of carbonyl (C=O) groups is 1. The van der Waals surface area contributed by atoms with E-state index in [2.05, 4.69) is 23.7 Å². The van der Waals surface area contributed by atoms with E-state index in [1.165, 1.54) is 13.5 Å². The van der Waals surface area contributed by atoms with Crippen LogP contribution in [0.5, 0.6) is 0 Å². The Morgan fingerprint density at radius 3 is 2.70 bits per heavy atom. The Kier molecular flexibility index (Phi) is 4.16. The van der Waals surface area contributed by atoms with Crippen molar-refractivity contribution in [3.63, 3.8) is 0 Å². The Bertz CT molecular complexity index is 494. The molecule has 1 saturated heterocycles. The molecule has 0 saturated carbocycles. The third kappa shape index (κ3) is 2.71. The fourth-order valence-electron chi connectivity index (χ4n) is 2.61. The van der Waals surface area contributed by atoms with Gasteiger partial charge in [0.05, 0.1) is 18.4 Å². The molecule has 0 amide bonds. The van der Waals surface area contributed by atoms with E-state index < -0.39 is 5.97 Å². The van der Waals surface area contributed by atoms with Gasteiger partial charge in [0.2, 0.25) is 0 Å². The number of rotatable bonds is 3. The highest BCUT2D eigenvalue weighted by Gasteiger charge is 2.30. The van der Waals surface area contributed by atoms with Crippen molar-refractivity contribution in [2.24, 2.45) is 5.41 Å². The first-order chi connectivity index (χ1) is 9.50. The number of anilines is 2. The molecule has 0 bridgehead atoms. The van der Waals surface area contributed by atoms with Crippen LogP contribution < -0.4 is 10.6 Å². The number of aromatic nitrogens is 1. The normalized spacial score (nSPS) is 17.9. The summed E-state index contributed by atoms with van der Waals surface area (Å²) in [5.41, 5.74) is 7.30. The summed E-state index contributed by atoms with van der Waals surface area (Å²) in [7, 11) is 1.36. The molecule has 0 aromatic carbocycles. The second kappa shape index (κ2) is 5.69. The standard InChI is InChI=1S/C15H23N3O2/c1-4-15(2)6-9-18(10-7-15)13-12(16)11(5-8-17-13)14(19)20-3/h5,8H,4,6-7,9-10,16H2,1-3H3. The quantitative estimate of drug-likeness (QED) is 0.860. The van der Waals surface area contributed by atoms with Gasteiger partial charge in [-0.2, -0.15) is 0 Å². The molecule has 2 heterocycles. The third-order valence-corrected chi connectivity index (χ3v) is 4.50. The lowest BCUT2D eigenvalue weighted by Crippen LogP contribution is -2.39. The Balaban J connectivity index is 2.21. The SMILES string of the molecule is CCC1(C)CCN(c2nccc(C(=O)OC)c2N)CC1. The monoisotopic (exact) mass is 277 g/mol. The van der Waals surface area contributed by atoms with Crippen molar-refractivity contribution in [1.82, 2.24) is 4.98 Å². The van der Waals surface area contributed by atoms with Gasteiger partial charge in [0, 0.05) is 19.3 Å². The van der Waals surface area contributed by atoms with Gasteiger partial charge >= 0.3 is 5.97 Å². The van der Waals surface area contributed by atoms with Crippen LogP contribution in [-0.4, -0.2) is 31.2 Å². The van der Waals surface area contributed by atoms with Crippen molar-refractivity contribution >= 4 is 17.5 Å². The molecule has 1 aromatic heterocycles. The summed E-state index contributed by atoms with van der Waals surface area (Å²) in [4.78, 5) is 18.2. The van der Waals surface area contributed by atoms with Gasteiger partial charge < -0.3 is 15.4 Å². The van der Waals surface area contributed by atoms with Crippen LogP contribution in [0.2, 0.25) is 0 Å². The highest BCUT2D eigenvalue weighted by Crippen LogP contribution is 2.36. The van der Waals surface area contributed by atoms with E-state index in [1.54, 1.807) is 12.3 Å². The molecule has 5 heteroatoms. The van der Waals surface area contributed by atoms with Gasteiger partial charge in [-0.3, -0.25) is 0 Å². The Morgan fingerprint density at radius 2 is 2.15 bits per heavy atom. The lowest BCUT2D eigenvalue weighted by Gasteiger charge is -2.39. The van der Waals surface area contributed by atoms with Crippen molar-refractivity contribution in [3.8, 4) is 0 Å². The number of methoxy groups -OCH3 is 1. The van der Waals surface area contributed by atoms with Gasteiger partial charge in [0.15, 0.2) is 5.82 Å². The summed E-state index contributed by atoms with van der Waals surface area (Å²) in [5.74, 6) is 0.285. The molecule has 0 aliphatic carbocycles. The zero-order chi connectivity index (χ0) is 14.8. The number of nitrogens with zero attached hydrogens (tertiary/aromatic N) is 2. The maximum Gasteiger partial charge on any atom is 0.340 e. The predicted molar refractivity (Wildman–Crippen MR) is 79.8 cm³/mol. The van der Waals surface area contributed by atoms with Crippen LogP contribution in [-0.2, 0) is 4.74 Å². The molecule has 110 valence electrons.